The van der Waals surface area contributed by atoms with Crippen LogP contribution in [0.3, 0.4) is 0 Å². The van der Waals surface area contributed by atoms with Gasteiger partial charge in [0.25, 0.3) is 0 Å². The lowest BCUT2D eigenvalue weighted by Gasteiger charge is -2.17. The summed E-state index contributed by atoms with van der Waals surface area (Å²) < 4.78 is 16.0. The van der Waals surface area contributed by atoms with Gasteiger partial charge in [0.15, 0.2) is 0 Å². The van der Waals surface area contributed by atoms with Crippen LogP contribution < -0.4 is 5.32 Å². The Morgan fingerprint density at radius 3 is 2.68 bits per heavy atom. The Morgan fingerprint density at radius 1 is 1.50 bits per heavy atom. The summed E-state index contributed by atoms with van der Waals surface area (Å²) in [5.41, 5.74) is 1.52. The number of halogens is 3. The molecule has 1 aromatic carbocycles. The molecular formula is C15H16BrClFN3O. The van der Waals surface area contributed by atoms with Crippen molar-refractivity contribution in [1.82, 2.24) is 9.78 Å². The highest BCUT2D eigenvalue weighted by Gasteiger charge is 2.24. The lowest BCUT2D eigenvalue weighted by atomic mass is 10.2. The molecule has 2 aromatic rings. The number of nitrogens with one attached hydrogen (secondary N) is 1. The van der Waals surface area contributed by atoms with Gasteiger partial charge in [-0.25, -0.2) is 4.39 Å². The summed E-state index contributed by atoms with van der Waals surface area (Å²) in [5.74, 6) is -0.824. The van der Waals surface area contributed by atoms with Crippen molar-refractivity contribution in [2.45, 2.75) is 33.2 Å². The third-order valence-corrected chi connectivity index (χ3v) is 4.45. The van der Waals surface area contributed by atoms with Crippen LogP contribution in [0.2, 0.25) is 5.02 Å². The van der Waals surface area contributed by atoms with Gasteiger partial charge >= 0.3 is 0 Å². The minimum Gasteiger partial charge on any atom is -0.322 e. The van der Waals surface area contributed by atoms with Crippen molar-refractivity contribution in [2.24, 2.45) is 0 Å². The number of aromatic nitrogens is 2. The van der Waals surface area contributed by atoms with Crippen molar-refractivity contribution in [3.63, 3.8) is 0 Å². The zero-order valence-electron chi connectivity index (χ0n) is 12.5. The predicted octanol–water partition coefficient (Wildman–Crippen LogP) is 4.64. The van der Waals surface area contributed by atoms with E-state index >= 15 is 0 Å². The van der Waals surface area contributed by atoms with E-state index < -0.39 is 11.9 Å². The minimum absolute atomic E-state index is 0.138. The Balaban J connectivity index is 2.27. The van der Waals surface area contributed by atoms with E-state index in [-0.39, 0.29) is 11.6 Å². The highest BCUT2D eigenvalue weighted by molar-refractivity contribution is 9.10. The third kappa shape index (κ3) is 3.33. The molecule has 22 heavy (non-hydrogen) atoms. The second-order valence-corrected chi connectivity index (χ2v) is 6.26. The first-order chi connectivity index (χ1) is 10.3. The summed E-state index contributed by atoms with van der Waals surface area (Å²) in [6.45, 7) is 5.45. The highest BCUT2D eigenvalue weighted by Crippen LogP contribution is 2.25. The van der Waals surface area contributed by atoms with Crippen LogP contribution in [0.1, 0.15) is 30.8 Å². The lowest BCUT2D eigenvalue weighted by Crippen LogP contribution is -2.27. The maximum Gasteiger partial charge on any atom is 0.249 e. The molecule has 0 radical (unpaired) electrons. The van der Waals surface area contributed by atoms with Gasteiger partial charge in [-0.3, -0.25) is 9.48 Å². The Hall–Kier alpha value is -1.40. The zero-order valence-corrected chi connectivity index (χ0v) is 14.8. The molecule has 2 rings (SSSR count). The van der Waals surface area contributed by atoms with Gasteiger partial charge in [-0.1, -0.05) is 34.5 Å². The number of nitrogens with zero attached hydrogens (tertiary/aromatic N) is 2. The van der Waals surface area contributed by atoms with Gasteiger partial charge in [-0.15, -0.1) is 0 Å². The molecule has 1 unspecified atom stereocenters. The van der Waals surface area contributed by atoms with Gasteiger partial charge in [0.05, 0.1) is 22.1 Å². The van der Waals surface area contributed by atoms with E-state index in [1.165, 1.54) is 12.1 Å². The summed E-state index contributed by atoms with van der Waals surface area (Å²) in [6.07, 6.45) is 0.516. The Bertz CT molecular complexity index is 717. The summed E-state index contributed by atoms with van der Waals surface area (Å²) in [4.78, 5) is 12.5. The van der Waals surface area contributed by atoms with Crippen LogP contribution in [0, 0.1) is 19.7 Å². The Morgan fingerprint density at radius 2 is 2.18 bits per heavy atom. The molecule has 0 bridgehead atoms. The van der Waals surface area contributed by atoms with E-state index in [9.17, 15) is 9.18 Å². The first kappa shape index (κ1) is 17.0. The average Bonchev–Trinajstić information content (AvgIpc) is 2.71. The van der Waals surface area contributed by atoms with Crippen LogP contribution in [-0.4, -0.2) is 15.7 Å². The first-order valence-corrected chi connectivity index (χ1v) is 7.99. The smallest absolute Gasteiger partial charge is 0.249 e. The third-order valence-electron chi connectivity index (χ3n) is 3.41. The summed E-state index contributed by atoms with van der Waals surface area (Å²) in [7, 11) is 0. The second kappa shape index (κ2) is 6.79. The molecule has 0 fully saturated rings. The number of benzene rings is 1. The molecule has 118 valence electrons. The SMILES string of the molecule is CCC(C(=O)Nc1ccc(Br)cc1F)n1nc(C)c(Cl)c1C. The Kier molecular flexibility index (Phi) is 5.24. The molecule has 0 saturated carbocycles. The first-order valence-electron chi connectivity index (χ1n) is 6.82. The maximum atomic E-state index is 13.8. The number of rotatable bonds is 4. The van der Waals surface area contributed by atoms with Crippen molar-refractivity contribution in [3.05, 3.63) is 44.9 Å². The fourth-order valence-corrected chi connectivity index (χ4v) is 2.68. The van der Waals surface area contributed by atoms with Crippen molar-refractivity contribution in [2.75, 3.05) is 5.32 Å². The fraction of sp³-hybridized carbons (Fsp3) is 0.333. The molecule has 1 amide bonds. The van der Waals surface area contributed by atoms with Crippen LogP contribution in [0.5, 0.6) is 0 Å². The van der Waals surface area contributed by atoms with E-state index in [4.69, 9.17) is 11.6 Å². The van der Waals surface area contributed by atoms with E-state index in [1.807, 2.05) is 6.92 Å². The molecule has 0 aliphatic rings. The fourth-order valence-electron chi connectivity index (χ4n) is 2.22. The van der Waals surface area contributed by atoms with Crippen LogP contribution in [0.15, 0.2) is 22.7 Å². The maximum absolute atomic E-state index is 13.8. The largest absolute Gasteiger partial charge is 0.322 e. The molecule has 0 spiro atoms. The standard InChI is InChI=1S/C15H16BrClFN3O/c1-4-13(21-9(3)14(17)8(2)20-21)15(22)19-12-6-5-10(16)7-11(12)18/h5-7,13H,4H2,1-3H3,(H,19,22). The van der Waals surface area contributed by atoms with E-state index in [2.05, 4.69) is 26.3 Å². The zero-order chi connectivity index (χ0) is 16.4. The van der Waals surface area contributed by atoms with Crippen molar-refractivity contribution in [3.8, 4) is 0 Å². The monoisotopic (exact) mass is 387 g/mol. The number of hydrogen-bond acceptors (Lipinski definition) is 2. The molecule has 0 saturated heterocycles. The number of anilines is 1. The van der Waals surface area contributed by atoms with Gasteiger partial charge in [-0.05, 0) is 38.5 Å². The van der Waals surface area contributed by atoms with Gasteiger partial charge in [0.1, 0.15) is 11.9 Å². The lowest BCUT2D eigenvalue weighted by molar-refractivity contribution is -0.119. The predicted molar refractivity (Wildman–Crippen MR) is 88.8 cm³/mol. The average molecular weight is 389 g/mol. The molecule has 1 aromatic heterocycles. The van der Waals surface area contributed by atoms with Gasteiger partial charge < -0.3 is 5.32 Å². The van der Waals surface area contributed by atoms with Crippen LogP contribution >= 0.6 is 27.5 Å². The number of carbonyl (C=O) groups excluding carboxylic acids is 1. The van der Waals surface area contributed by atoms with Crippen molar-refractivity contribution >= 4 is 39.1 Å². The van der Waals surface area contributed by atoms with E-state index in [0.717, 1.165) is 5.69 Å². The number of amides is 1. The van der Waals surface area contributed by atoms with Gasteiger partial charge in [-0.2, -0.15) is 5.10 Å². The van der Waals surface area contributed by atoms with Crippen LogP contribution in [0.4, 0.5) is 10.1 Å². The molecule has 1 heterocycles. The molecule has 0 aliphatic heterocycles. The molecule has 1 N–H and O–H groups in total. The van der Waals surface area contributed by atoms with E-state index in [0.29, 0.717) is 21.6 Å². The molecule has 4 nitrogen and oxygen atoms in total. The summed E-state index contributed by atoms with van der Waals surface area (Å²) >= 11 is 9.31. The van der Waals surface area contributed by atoms with Gasteiger partial charge in [0.2, 0.25) is 5.91 Å². The quantitative estimate of drug-likeness (QED) is 0.829. The molecular weight excluding hydrogens is 373 g/mol. The normalized spacial score (nSPS) is 12.3. The number of hydrogen-bond donors (Lipinski definition) is 1. The Labute approximate surface area is 141 Å². The molecule has 1 atom stereocenters. The molecule has 0 aliphatic carbocycles. The number of carbonyl (C=O) groups is 1. The summed E-state index contributed by atoms with van der Waals surface area (Å²) in [5, 5.41) is 7.45. The van der Waals surface area contributed by atoms with E-state index in [1.54, 1.807) is 24.6 Å². The molecule has 7 heteroatoms. The van der Waals surface area contributed by atoms with Gasteiger partial charge in [0, 0.05) is 4.47 Å². The van der Waals surface area contributed by atoms with Crippen LogP contribution in [0.25, 0.3) is 0 Å². The number of aryl methyl sites for hydroxylation is 1. The topological polar surface area (TPSA) is 46.9 Å². The highest BCUT2D eigenvalue weighted by atomic mass is 79.9. The second-order valence-electron chi connectivity index (χ2n) is 4.97. The van der Waals surface area contributed by atoms with Crippen molar-refractivity contribution < 1.29 is 9.18 Å². The van der Waals surface area contributed by atoms with Crippen LogP contribution in [-0.2, 0) is 4.79 Å². The van der Waals surface area contributed by atoms with Crippen molar-refractivity contribution in [1.29, 1.82) is 0 Å². The minimum atomic E-state index is -0.547. The summed E-state index contributed by atoms with van der Waals surface area (Å²) in [6, 6.07) is 3.93.